The lowest BCUT2D eigenvalue weighted by atomic mass is 10.0. The summed E-state index contributed by atoms with van der Waals surface area (Å²) in [5.74, 6) is 0. The maximum atomic E-state index is 12.7. The first-order valence-electron chi connectivity index (χ1n) is 6.93. The van der Waals surface area contributed by atoms with Crippen LogP contribution in [0.2, 0.25) is 5.02 Å². The van der Waals surface area contributed by atoms with E-state index in [2.05, 4.69) is 9.88 Å². The van der Waals surface area contributed by atoms with Crippen molar-refractivity contribution in [2.24, 2.45) is 0 Å². The van der Waals surface area contributed by atoms with Crippen molar-refractivity contribution in [3.8, 4) is 0 Å². The molecule has 1 aromatic heterocycles. The molecule has 3 heterocycles. The van der Waals surface area contributed by atoms with Crippen molar-refractivity contribution in [2.45, 2.75) is 30.2 Å². The highest BCUT2D eigenvalue weighted by atomic mass is 35.5. The highest BCUT2D eigenvalue weighted by molar-refractivity contribution is 7.89. The summed E-state index contributed by atoms with van der Waals surface area (Å²) in [4.78, 5) is 6.41. The van der Waals surface area contributed by atoms with Gasteiger partial charge in [-0.05, 0) is 25.5 Å². The Morgan fingerprint density at radius 1 is 1.25 bits per heavy atom. The Kier molecular flexibility index (Phi) is 3.99. The molecular weight excluding hydrogens is 298 g/mol. The van der Waals surface area contributed by atoms with Crippen molar-refractivity contribution in [3.05, 3.63) is 23.5 Å². The van der Waals surface area contributed by atoms with E-state index in [1.807, 2.05) is 0 Å². The fraction of sp³-hybridized carbons (Fsp3) is 0.615. The van der Waals surface area contributed by atoms with Crippen LogP contribution in [0.25, 0.3) is 0 Å². The second-order valence-corrected chi connectivity index (χ2v) is 7.67. The van der Waals surface area contributed by atoms with E-state index in [1.165, 1.54) is 31.3 Å². The van der Waals surface area contributed by atoms with Crippen LogP contribution >= 0.6 is 11.6 Å². The zero-order valence-electron chi connectivity index (χ0n) is 11.2. The third-order valence-electron chi connectivity index (χ3n) is 4.15. The van der Waals surface area contributed by atoms with E-state index in [-0.39, 0.29) is 9.92 Å². The molecule has 0 amide bonds. The van der Waals surface area contributed by atoms with Crippen LogP contribution in [0, 0.1) is 0 Å². The summed E-state index contributed by atoms with van der Waals surface area (Å²) < 4.78 is 26.9. The average molecular weight is 316 g/mol. The molecule has 2 saturated heterocycles. The normalized spacial score (nSPS) is 25.4. The number of hydrogen-bond acceptors (Lipinski definition) is 4. The highest BCUT2D eigenvalue weighted by Gasteiger charge is 2.35. The summed E-state index contributed by atoms with van der Waals surface area (Å²) in [6, 6.07) is 1.87. The summed E-state index contributed by atoms with van der Waals surface area (Å²) in [5, 5.41) is 0.242. The summed E-state index contributed by atoms with van der Waals surface area (Å²) >= 11 is 6.01. The molecule has 1 unspecified atom stereocenters. The monoisotopic (exact) mass is 315 g/mol. The van der Waals surface area contributed by atoms with Crippen LogP contribution in [-0.4, -0.2) is 54.8 Å². The molecule has 110 valence electrons. The largest absolute Gasteiger partial charge is 0.298 e. The van der Waals surface area contributed by atoms with Gasteiger partial charge in [0, 0.05) is 38.1 Å². The molecule has 5 nitrogen and oxygen atoms in total. The maximum Gasteiger partial charge on any atom is 0.246 e. The third kappa shape index (κ3) is 2.57. The molecule has 0 radical (unpaired) electrons. The molecule has 20 heavy (non-hydrogen) atoms. The Hall–Kier alpha value is -0.690. The summed E-state index contributed by atoms with van der Waals surface area (Å²) in [7, 11) is -3.53. The lowest BCUT2D eigenvalue weighted by Gasteiger charge is -2.43. The first kappa shape index (κ1) is 14.3. The number of sulfonamides is 1. The number of aromatic nitrogens is 1. The minimum Gasteiger partial charge on any atom is -0.298 e. The topological polar surface area (TPSA) is 53.5 Å². The summed E-state index contributed by atoms with van der Waals surface area (Å²) in [6.45, 7) is 2.99. The molecule has 0 spiro atoms. The van der Waals surface area contributed by atoms with Gasteiger partial charge in [0.15, 0.2) is 0 Å². The van der Waals surface area contributed by atoms with Gasteiger partial charge in [0.1, 0.15) is 4.90 Å². The maximum absolute atomic E-state index is 12.7. The molecule has 2 aliphatic heterocycles. The lowest BCUT2D eigenvalue weighted by Crippen LogP contribution is -2.56. The predicted octanol–water partition coefficient (Wildman–Crippen LogP) is 1.59. The average Bonchev–Trinajstić information content (AvgIpc) is 2.47. The van der Waals surface area contributed by atoms with Crippen molar-refractivity contribution in [1.82, 2.24) is 14.2 Å². The SMILES string of the molecule is O=S(=O)(c1cnccc1Cl)N1CCN2CCCCC2C1. The number of fused-ring (bicyclic) bond motifs is 1. The van der Waals surface area contributed by atoms with Crippen LogP contribution in [-0.2, 0) is 10.0 Å². The van der Waals surface area contributed by atoms with E-state index >= 15 is 0 Å². The predicted molar refractivity (Wildman–Crippen MR) is 77.2 cm³/mol. The Labute approximate surface area is 124 Å². The van der Waals surface area contributed by atoms with Crippen molar-refractivity contribution in [2.75, 3.05) is 26.2 Å². The fourth-order valence-corrected chi connectivity index (χ4v) is 4.91. The van der Waals surface area contributed by atoms with E-state index in [0.717, 1.165) is 19.5 Å². The van der Waals surface area contributed by atoms with E-state index < -0.39 is 10.0 Å². The number of piperazine rings is 1. The second-order valence-electron chi connectivity index (χ2n) is 5.35. The van der Waals surface area contributed by atoms with Crippen molar-refractivity contribution < 1.29 is 8.42 Å². The Morgan fingerprint density at radius 2 is 2.10 bits per heavy atom. The number of nitrogens with zero attached hydrogens (tertiary/aromatic N) is 3. The van der Waals surface area contributed by atoms with Crippen molar-refractivity contribution in [3.63, 3.8) is 0 Å². The standard InChI is InChI=1S/C13H18ClN3O2S/c14-12-4-5-15-9-13(12)20(18,19)17-8-7-16-6-2-1-3-11(16)10-17/h4-5,9,11H,1-3,6-8,10H2. The van der Waals surface area contributed by atoms with Gasteiger partial charge in [0.05, 0.1) is 5.02 Å². The van der Waals surface area contributed by atoms with E-state index in [4.69, 9.17) is 11.6 Å². The van der Waals surface area contributed by atoms with Gasteiger partial charge in [-0.3, -0.25) is 9.88 Å². The molecule has 1 atom stereocenters. The van der Waals surface area contributed by atoms with Crippen LogP contribution in [0.5, 0.6) is 0 Å². The Morgan fingerprint density at radius 3 is 2.90 bits per heavy atom. The number of hydrogen-bond donors (Lipinski definition) is 0. The molecule has 0 N–H and O–H groups in total. The molecule has 7 heteroatoms. The molecule has 2 fully saturated rings. The molecular formula is C13H18ClN3O2S. The van der Waals surface area contributed by atoms with Gasteiger partial charge in [0.2, 0.25) is 10.0 Å². The highest BCUT2D eigenvalue weighted by Crippen LogP contribution is 2.27. The summed E-state index contributed by atoms with van der Waals surface area (Å²) in [5.41, 5.74) is 0. The molecule has 0 bridgehead atoms. The van der Waals surface area contributed by atoms with Crippen LogP contribution in [0.3, 0.4) is 0 Å². The van der Waals surface area contributed by atoms with Crippen molar-refractivity contribution >= 4 is 21.6 Å². The molecule has 3 rings (SSSR count). The van der Waals surface area contributed by atoms with Gasteiger partial charge in [-0.1, -0.05) is 18.0 Å². The molecule has 0 aromatic carbocycles. The minimum absolute atomic E-state index is 0.117. The van der Waals surface area contributed by atoms with Crippen LogP contribution in [0.15, 0.2) is 23.4 Å². The van der Waals surface area contributed by atoms with E-state index in [9.17, 15) is 8.42 Å². The zero-order valence-corrected chi connectivity index (χ0v) is 12.8. The quantitative estimate of drug-likeness (QED) is 0.832. The molecule has 0 saturated carbocycles. The molecule has 1 aromatic rings. The van der Waals surface area contributed by atoms with Gasteiger partial charge in [-0.15, -0.1) is 0 Å². The second kappa shape index (κ2) is 5.60. The van der Waals surface area contributed by atoms with Gasteiger partial charge < -0.3 is 0 Å². The number of piperidine rings is 1. The fourth-order valence-electron chi connectivity index (χ4n) is 3.04. The van der Waals surface area contributed by atoms with Crippen LogP contribution in [0.1, 0.15) is 19.3 Å². The first-order chi connectivity index (χ1) is 9.59. The van der Waals surface area contributed by atoms with Gasteiger partial charge in [-0.25, -0.2) is 8.42 Å². The van der Waals surface area contributed by atoms with Gasteiger partial charge >= 0.3 is 0 Å². The summed E-state index contributed by atoms with van der Waals surface area (Å²) in [6.07, 6.45) is 6.32. The smallest absolute Gasteiger partial charge is 0.246 e. The minimum atomic E-state index is -3.53. The Balaban J connectivity index is 1.84. The van der Waals surface area contributed by atoms with Crippen LogP contribution < -0.4 is 0 Å². The van der Waals surface area contributed by atoms with Gasteiger partial charge in [0.25, 0.3) is 0 Å². The van der Waals surface area contributed by atoms with Crippen molar-refractivity contribution in [1.29, 1.82) is 0 Å². The van der Waals surface area contributed by atoms with Gasteiger partial charge in [-0.2, -0.15) is 4.31 Å². The number of rotatable bonds is 2. The zero-order chi connectivity index (χ0) is 14.2. The Bertz CT molecular complexity index is 593. The van der Waals surface area contributed by atoms with E-state index in [0.29, 0.717) is 19.1 Å². The first-order valence-corrected chi connectivity index (χ1v) is 8.74. The molecule has 0 aliphatic carbocycles. The van der Waals surface area contributed by atoms with E-state index in [1.54, 1.807) is 4.31 Å². The van der Waals surface area contributed by atoms with Crippen LogP contribution in [0.4, 0.5) is 0 Å². The lowest BCUT2D eigenvalue weighted by molar-refractivity contribution is 0.0851. The molecule has 2 aliphatic rings. The third-order valence-corrected chi connectivity index (χ3v) is 6.49. The number of pyridine rings is 1. The number of halogens is 1.